The van der Waals surface area contributed by atoms with Crippen LogP contribution in [0.4, 0.5) is 0 Å². The molecule has 140 valence electrons. The smallest absolute Gasteiger partial charge is 0.127 e. The molecule has 3 aromatic carbocycles. The molecule has 1 saturated heterocycles. The van der Waals surface area contributed by atoms with Crippen molar-refractivity contribution in [2.45, 2.75) is 12.3 Å². The van der Waals surface area contributed by atoms with E-state index < -0.39 is 0 Å². The maximum absolute atomic E-state index is 6.34. The summed E-state index contributed by atoms with van der Waals surface area (Å²) in [5.74, 6) is 2.01. The molecule has 0 aliphatic carbocycles. The number of hydrogen-bond donors (Lipinski definition) is 1. The molecule has 0 radical (unpaired) electrons. The first kappa shape index (κ1) is 19.5. The van der Waals surface area contributed by atoms with Crippen LogP contribution in [0.3, 0.4) is 0 Å². The molecule has 1 aliphatic heterocycles. The summed E-state index contributed by atoms with van der Waals surface area (Å²) in [7, 11) is 0. The highest BCUT2D eigenvalue weighted by Crippen LogP contribution is 2.33. The zero-order valence-electron chi connectivity index (χ0n) is 15.4. The highest BCUT2D eigenvalue weighted by atomic mass is 35.5. The lowest BCUT2D eigenvalue weighted by Gasteiger charge is -2.32. The number of para-hydroxylation sites is 1. The third kappa shape index (κ3) is 4.71. The fourth-order valence-electron chi connectivity index (χ4n) is 3.88. The molecule has 0 spiro atoms. The SMILES string of the molecule is Cl.c1ccc(-c2ccccc2OCC2CNCCC2c2ccccc2)cc1. The van der Waals surface area contributed by atoms with Crippen molar-refractivity contribution >= 4 is 12.4 Å². The Morgan fingerprint density at radius 1 is 0.815 bits per heavy atom. The number of hydrogen-bond acceptors (Lipinski definition) is 2. The van der Waals surface area contributed by atoms with Crippen LogP contribution in [0.25, 0.3) is 11.1 Å². The first-order valence-corrected chi connectivity index (χ1v) is 9.45. The van der Waals surface area contributed by atoms with Crippen molar-refractivity contribution < 1.29 is 4.74 Å². The molecule has 2 unspecified atom stereocenters. The lowest BCUT2D eigenvalue weighted by atomic mass is 9.81. The van der Waals surface area contributed by atoms with Crippen molar-refractivity contribution in [3.05, 3.63) is 90.5 Å². The largest absolute Gasteiger partial charge is 0.493 e. The minimum absolute atomic E-state index is 0. The van der Waals surface area contributed by atoms with E-state index in [1.165, 1.54) is 17.5 Å². The summed E-state index contributed by atoms with van der Waals surface area (Å²) in [6.07, 6.45) is 1.17. The Morgan fingerprint density at radius 3 is 2.26 bits per heavy atom. The van der Waals surface area contributed by atoms with Gasteiger partial charge >= 0.3 is 0 Å². The molecule has 2 atom stereocenters. The molecule has 0 bridgehead atoms. The van der Waals surface area contributed by atoms with E-state index in [9.17, 15) is 0 Å². The van der Waals surface area contributed by atoms with Gasteiger partial charge in [0.15, 0.2) is 0 Å². The summed E-state index contributed by atoms with van der Waals surface area (Å²) < 4.78 is 6.34. The molecule has 0 saturated carbocycles. The molecular weight excluding hydrogens is 354 g/mol. The van der Waals surface area contributed by atoms with E-state index in [0.717, 1.165) is 31.0 Å². The van der Waals surface area contributed by atoms with Crippen LogP contribution in [0.5, 0.6) is 5.75 Å². The van der Waals surface area contributed by atoms with Gasteiger partial charge in [-0.3, -0.25) is 0 Å². The minimum atomic E-state index is 0. The maximum atomic E-state index is 6.34. The number of piperidine rings is 1. The molecule has 1 N–H and O–H groups in total. The Bertz CT molecular complexity index is 822. The van der Waals surface area contributed by atoms with Crippen LogP contribution in [0.1, 0.15) is 17.9 Å². The van der Waals surface area contributed by atoms with E-state index in [1.54, 1.807) is 0 Å². The highest BCUT2D eigenvalue weighted by molar-refractivity contribution is 5.85. The van der Waals surface area contributed by atoms with E-state index in [-0.39, 0.29) is 12.4 Å². The van der Waals surface area contributed by atoms with Crippen molar-refractivity contribution in [3.63, 3.8) is 0 Å². The Kier molecular flexibility index (Phi) is 6.92. The average Bonchev–Trinajstić information content (AvgIpc) is 2.74. The number of benzene rings is 3. The van der Waals surface area contributed by atoms with Crippen LogP contribution in [0, 0.1) is 5.92 Å². The van der Waals surface area contributed by atoms with Crippen molar-refractivity contribution in [2.75, 3.05) is 19.7 Å². The van der Waals surface area contributed by atoms with Gasteiger partial charge in [-0.2, -0.15) is 0 Å². The Morgan fingerprint density at radius 2 is 1.48 bits per heavy atom. The molecule has 3 aromatic rings. The molecule has 4 rings (SSSR count). The van der Waals surface area contributed by atoms with Gasteiger partial charge in [-0.05, 0) is 36.1 Å². The molecule has 2 nitrogen and oxygen atoms in total. The second-order valence-electron chi connectivity index (χ2n) is 6.94. The van der Waals surface area contributed by atoms with Gasteiger partial charge in [0.05, 0.1) is 6.61 Å². The standard InChI is InChI=1S/C24H25NO.ClH/c1-3-9-19(10-4-1)22-15-16-25-17-21(22)18-26-24-14-8-7-13-23(24)20-11-5-2-6-12-20;/h1-14,21-22,25H,15-18H2;1H. The van der Waals surface area contributed by atoms with E-state index in [0.29, 0.717) is 11.8 Å². The third-order valence-corrected chi connectivity index (χ3v) is 5.26. The molecule has 0 aromatic heterocycles. The van der Waals surface area contributed by atoms with Crippen LogP contribution >= 0.6 is 12.4 Å². The van der Waals surface area contributed by atoms with Crippen LogP contribution < -0.4 is 10.1 Å². The highest BCUT2D eigenvalue weighted by Gasteiger charge is 2.27. The molecule has 3 heteroatoms. The fraction of sp³-hybridized carbons (Fsp3) is 0.250. The molecule has 1 heterocycles. The van der Waals surface area contributed by atoms with Crippen molar-refractivity contribution in [2.24, 2.45) is 5.92 Å². The predicted octanol–water partition coefficient (Wildman–Crippen LogP) is 5.55. The number of nitrogens with one attached hydrogen (secondary N) is 1. The first-order chi connectivity index (χ1) is 12.9. The lowest BCUT2D eigenvalue weighted by molar-refractivity contribution is 0.197. The normalized spacial score (nSPS) is 19.1. The summed E-state index contributed by atoms with van der Waals surface area (Å²) in [6.45, 7) is 2.82. The minimum Gasteiger partial charge on any atom is -0.493 e. The topological polar surface area (TPSA) is 21.3 Å². The zero-order chi connectivity index (χ0) is 17.6. The Hall–Kier alpha value is -2.29. The molecule has 1 fully saturated rings. The van der Waals surface area contributed by atoms with Gasteiger partial charge in [-0.1, -0.05) is 78.9 Å². The van der Waals surface area contributed by atoms with Crippen molar-refractivity contribution in [1.29, 1.82) is 0 Å². The molecule has 1 aliphatic rings. The van der Waals surface area contributed by atoms with Crippen LogP contribution in [-0.4, -0.2) is 19.7 Å². The third-order valence-electron chi connectivity index (χ3n) is 5.26. The van der Waals surface area contributed by atoms with Crippen LogP contribution in [-0.2, 0) is 0 Å². The van der Waals surface area contributed by atoms with Crippen LogP contribution in [0.2, 0.25) is 0 Å². The van der Waals surface area contributed by atoms with E-state index in [1.807, 2.05) is 6.07 Å². The van der Waals surface area contributed by atoms with E-state index >= 15 is 0 Å². The summed E-state index contributed by atoms with van der Waals surface area (Å²) in [4.78, 5) is 0. The number of halogens is 1. The monoisotopic (exact) mass is 379 g/mol. The van der Waals surface area contributed by atoms with E-state index in [4.69, 9.17) is 4.74 Å². The van der Waals surface area contributed by atoms with Crippen molar-refractivity contribution in [3.8, 4) is 16.9 Å². The molecular formula is C24H26ClNO. The number of ether oxygens (including phenoxy) is 1. The summed E-state index contributed by atoms with van der Waals surface area (Å²) >= 11 is 0. The zero-order valence-corrected chi connectivity index (χ0v) is 16.2. The molecule has 27 heavy (non-hydrogen) atoms. The number of rotatable bonds is 5. The Balaban J connectivity index is 0.00000210. The quantitative estimate of drug-likeness (QED) is 0.627. The summed E-state index contributed by atoms with van der Waals surface area (Å²) in [5.41, 5.74) is 3.79. The Labute approximate surface area is 168 Å². The first-order valence-electron chi connectivity index (χ1n) is 9.45. The van der Waals surface area contributed by atoms with Crippen LogP contribution in [0.15, 0.2) is 84.9 Å². The van der Waals surface area contributed by atoms with Gasteiger partial charge in [0.25, 0.3) is 0 Å². The maximum Gasteiger partial charge on any atom is 0.127 e. The predicted molar refractivity (Wildman–Crippen MR) is 115 cm³/mol. The van der Waals surface area contributed by atoms with Gasteiger partial charge in [0.1, 0.15) is 5.75 Å². The van der Waals surface area contributed by atoms with Gasteiger partial charge in [-0.15, -0.1) is 12.4 Å². The summed E-state index contributed by atoms with van der Waals surface area (Å²) in [6, 6.07) is 29.7. The van der Waals surface area contributed by atoms with Gasteiger partial charge in [0, 0.05) is 18.0 Å². The fourth-order valence-corrected chi connectivity index (χ4v) is 3.88. The van der Waals surface area contributed by atoms with E-state index in [2.05, 4.69) is 84.2 Å². The summed E-state index contributed by atoms with van der Waals surface area (Å²) in [5, 5.41) is 3.54. The second kappa shape index (κ2) is 9.59. The second-order valence-corrected chi connectivity index (χ2v) is 6.94. The molecule has 0 amide bonds. The van der Waals surface area contributed by atoms with Crippen molar-refractivity contribution in [1.82, 2.24) is 5.32 Å². The van der Waals surface area contributed by atoms with Gasteiger partial charge < -0.3 is 10.1 Å². The lowest BCUT2D eigenvalue weighted by Crippen LogP contribution is -2.38. The average molecular weight is 380 g/mol. The van der Waals surface area contributed by atoms with Gasteiger partial charge in [-0.25, -0.2) is 0 Å². The van der Waals surface area contributed by atoms with Gasteiger partial charge in [0.2, 0.25) is 0 Å².